The van der Waals surface area contributed by atoms with Crippen LogP contribution in [0, 0.1) is 10.1 Å². The van der Waals surface area contributed by atoms with Crippen molar-refractivity contribution < 1.29 is 4.92 Å². The van der Waals surface area contributed by atoms with E-state index in [4.69, 9.17) is 0 Å². The average Bonchev–Trinajstić information content (AvgIpc) is 3.06. The number of nitro benzene ring substituents is 1. The van der Waals surface area contributed by atoms with Crippen LogP contribution in [0.5, 0.6) is 0 Å². The van der Waals surface area contributed by atoms with E-state index in [-0.39, 0.29) is 5.69 Å². The summed E-state index contributed by atoms with van der Waals surface area (Å²) in [4.78, 5) is 21.5. The number of nitro groups is 1. The molecule has 0 bridgehead atoms. The van der Waals surface area contributed by atoms with Gasteiger partial charge in [0, 0.05) is 36.1 Å². The normalized spacial score (nSPS) is 12.9. The van der Waals surface area contributed by atoms with Gasteiger partial charge < -0.3 is 4.90 Å². The first kappa shape index (κ1) is 14.3. The van der Waals surface area contributed by atoms with Crippen molar-refractivity contribution in [2.75, 3.05) is 11.4 Å². The first-order valence-corrected chi connectivity index (χ1v) is 7.66. The lowest BCUT2D eigenvalue weighted by Gasteiger charge is -2.17. The summed E-state index contributed by atoms with van der Waals surface area (Å²) in [6.07, 6.45) is 2.70. The van der Waals surface area contributed by atoms with Crippen LogP contribution >= 0.6 is 0 Å². The second kappa shape index (κ2) is 5.73. The van der Waals surface area contributed by atoms with Gasteiger partial charge in [-0.25, -0.2) is 9.97 Å². The number of nitrogens with zero attached hydrogens (tertiary/aromatic N) is 4. The quantitative estimate of drug-likeness (QED) is 0.543. The van der Waals surface area contributed by atoms with E-state index in [1.54, 1.807) is 18.3 Å². The number of hydrogen-bond donors (Lipinski definition) is 0. The number of para-hydroxylation sites is 1. The van der Waals surface area contributed by atoms with E-state index in [0.717, 1.165) is 29.9 Å². The van der Waals surface area contributed by atoms with E-state index < -0.39 is 4.92 Å². The molecule has 0 saturated heterocycles. The minimum atomic E-state index is -0.406. The molecule has 1 aliphatic rings. The van der Waals surface area contributed by atoms with Crippen LogP contribution in [-0.4, -0.2) is 21.4 Å². The molecule has 2 heterocycles. The third kappa shape index (κ3) is 2.48. The smallest absolute Gasteiger partial charge is 0.269 e. The molecule has 0 N–H and O–H groups in total. The number of anilines is 2. The molecular weight excluding hydrogens is 304 g/mol. The highest BCUT2D eigenvalue weighted by Crippen LogP contribution is 2.33. The molecule has 6 heteroatoms. The molecular formula is C18H14N4O2. The van der Waals surface area contributed by atoms with Crippen molar-refractivity contribution >= 4 is 17.3 Å². The molecule has 0 saturated carbocycles. The topological polar surface area (TPSA) is 72.2 Å². The largest absolute Gasteiger partial charge is 0.310 e. The SMILES string of the molecule is O=[N+]([O-])c1ccc(-c2ccnc(N3CCc4ccccc43)n2)cc1. The van der Waals surface area contributed by atoms with E-state index in [9.17, 15) is 10.1 Å². The van der Waals surface area contributed by atoms with Gasteiger partial charge in [0.2, 0.25) is 5.95 Å². The molecule has 6 nitrogen and oxygen atoms in total. The van der Waals surface area contributed by atoms with Gasteiger partial charge in [-0.3, -0.25) is 10.1 Å². The molecule has 2 aromatic carbocycles. The van der Waals surface area contributed by atoms with Crippen LogP contribution in [0.4, 0.5) is 17.3 Å². The van der Waals surface area contributed by atoms with E-state index in [0.29, 0.717) is 5.95 Å². The molecule has 0 fully saturated rings. The Balaban J connectivity index is 1.68. The molecule has 0 amide bonds. The van der Waals surface area contributed by atoms with Crippen molar-refractivity contribution in [2.45, 2.75) is 6.42 Å². The molecule has 4 rings (SSSR count). The van der Waals surface area contributed by atoms with Crippen molar-refractivity contribution in [1.29, 1.82) is 0 Å². The van der Waals surface area contributed by atoms with Crippen LogP contribution in [0.1, 0.15) is 5.56 Å². The molecule has 0 radical (unpaired) electrons. The summed E-state index contributed by atoms with van der Waals surface area (Å²) in [6, 6.07) is 16.5. The standard InChI is InChI=1S/C18H14N4O2/c23-22(24)15-7-5-13(6-8-15)16-9-11-19-18(20-16)21-12-10-14-3-1-2-4-17(14)21/h1-9,11H,10,12H2. The van der Waals surface area contributed by atoms with E-state index in [1.165, 1.54) is 17.7 Å². The summed E-state index contributed by atoms with van der Waals surface area (Å²) >= 11 is 0. The Morgan fingerprint density at radius 1 is 1.04 bits per heavy atom. The molecule has 24 heavy (non-hydrogen) atoms. The maximum Gasteiger partial charge on any atom is 0.269 e. The summed E-state index contributed by atoms with van der Waals surface area (Å²) in [5.41, 5.74) is 4.08. The van der Waals surface area contributed by atoms with Gasteiger partial charge in [-0.05, 0) is 36.2 Å². The van der Waals surface area contributed by atoms with Crippen LogP contribution in [0.2, 0.25) is 0 Å². The van der Waals surface area contributed by atoms with Crippen molar-refractivity contribution in [1.82, 2.24) is 9.97 Å². The first-order chi connectivity index (χ1) is 11.7. The summed E-state index contributed by atoms with van der Waals surface area (Å²) < 4.78 is 0. The van der Waals surface area contributed by atoms with Crippen molar-refractivity contribution in [2.24, 2.45) is 0 Å². The van der Waals surface area contributed by atoms with Crippen LogP contribution in [0.15, 0.2) is 60.8 Å². The highest BCUT2D eigenvalue weighted by molar-refractivity contribution is 5.68. The predicted molar refractivity (Wildman–Crippen MR) is 91.3 cm³/mol. The van der Waals surface area contributed by atoms with Gasteiger partial charge in [-0.15, -0.1) is 0 Å². The summed E-state index contributed by atoms with van der Waals surface area (Å²) in [5, 5.41) is 10.8. The highest BCUT2D eigenvalue weighted by atomic mass is 16.6. The Labute approximate surface area is 138 Å². The number of fused-ring (bicyclic) bond motifs is 1. The zero-order chi connectivity index (χ0) is 16.5. The van der Waals surface area contributed by atoms with Gasteiger partial charge >= 0.3 is 0 Å². The van der Waals surface area contributed by atoms with Gasteiger partial charge in [-0.1, -0.05) is 18.2 Å². The third-order valence-electron chi connectivity index (χ3n) is 4.15. The molecule has 3 aromatic rings. The second-order valence-electron chi connectivity index (χ2n) is 5.58. The van der Waals surface area contributed by atoms with Crippen LogP contribution < -0.4 is 4.90 Å². The van der Waals surface area contributed by atoms with Gasteiger partial charge in [0.15, 0.2) is 0 Å². The molecule has 118 valence electrons. The number of rotatable bonds is 3. The maximum absolute atomic E-state index is 10.8. The third-order valence-corrected chi connectivity index (χ3v) is 4.15. The summed E-state index contributed by atoms with van der Waals surface area (Å²) in [6.45, 7) is 0.850. The number of aromatic nitrogens is 2. The minimum absolute atomic E-state index is 0.0708. The fraction of sp³-hybridized carbons (Fsp3) is 0.111. The average molecular weight is 318 g/mol. The van der Waals surface area contributed by atoms with Crippen molar-refractivity contribution in [3.05, 3.63) is 76.5 Å². The van der Waals surface area contributed by atoms with Crippen molar-refractivity contribution in [3.63, 3.8) is 0 Å². The lowest BCUT2D eigenvalue weighted by molar-refractivity contribution is -0.384. The minimum Gasteiger partial charge on any atom is -0.310 e. The van der Waals surface area contributed by atoms with E-state index in [2.05, 4.69) is 27.0 Å². The van der Waals surface area contributed by atoms with Crippen molar-refractivity contribution in [3.8, 4) is 11.3 Å². The second-order valence-corrected chi connectivity index (χ2v) is 5.58. The van der Waals surface area contributed by atoms with Crippen LogP contribution in [0.25, 0.3) is 11.3 Å². The zero-order valence-corrected chi connectivity index (χ0v) is 12.8. The molecule has 0 unspecified atom stereocenters. The number of benzene rings is 2. The maximum atomic E-state index is 10.8. The Kier molecular flexibility index (Phi) is 3.42. The number of hydrogen-bond acceptors (Lipinski definition) is 5. The Hall–Kier alpha value is -3.28. The lowest BCUT2D eigenvalue weighted by Crippen LogP contribution is -2.16. The number of non-ortho nitro benzene ring substituents is 1. The van der Waals surface area contributed by atoms with E-state index in [1.807, 2.05) is 18.2 Å². The fourth-order valence-electron chi connectivity index (χ4n) is 2.94. The zero-order valence-electron chi connectivity index (χ0n) is 12.8. The molecule has 0 atom stereocenters. The Morgan fingerprint density at radius 2 is 1.83 bits per heavy atom. The molecule has 1 aliphatic heterocycles. The molecule has 0 spiro atoms. The van der Waals surface area contributed by atoms with Gasteiger partial charge in [0.1, 0.15) is 0 Å². The predicted octanol–water partition coefficient (Wildman–Crippen LogP) is 3.75. The summed E-state index contributed by atoms with van der Waals surface area (Å²) in [5.74, 6) is 0.649. The monoisotopic (exact) mass is 318 g/mol. The lowest BCUT2D eigenvalue weighted by atomic mass is 10.1. The Bertz CT molecular complexity index is 909. The first-order valence-electron chi connectivity index (χ1n) is 7.66. The fourth-order valence-corrected chi connectivity index (χ4v) is 2.94. The van der Waals surface area contributed by atoms with Crippen LogP contribution in [-0.2, 0) is 6.42 Å². The molecule has 0 aliphatic carbocycles. The van der Waals surface area contributed by atoms with E-state index >= 15 is 0 Å². The summed E-state index contributed by atoms with van der Waals surface area (Å²) in [7, 11) is 0. The van der Waals surface area contributed by atoms with Gasteiger partial charge in [0.25, 0.3) is 5.69 Å². The highest BCUT2D eigenvalue weighted by Gasteiger charge is 2.22. The van der Waals surface area contributed by atoms with Crippen LogP contribution in [0.3, 0.4) is 0 Å². The van der Waals surface area contributed by atoms with Gasteiger partial charge in [-0.2, -0.15) is 0 Å². The van der Waals surface area contributed by atoms with Gasteiger partial charge in [0.05, 0.1) is 10.6 Å². The molecule has 1 aromatic heterocycles. The Morgan fingerprint density at radius 3 is 2.62 bits per heavy atom.